The molecule has 0 saturated heterocycles. The number of aromatic nitrogens is 2. The molecule has 0 aliphatic carbocycles. The van der Waals surface area contributed by atoms with Crippen LogP contribution in [-0.2, 0) is 5.75 Å². The molecule has 0 atom stereocenters. The molecule has 0 unspecified atom stereocenters. The van der Waals surface area contributed by atoms with Crippen molar-refractivity contribution in [3.05, 3.63) is 35.2 Å². The average molecular weight is 312 g/mol. The molecule has 7 heteroatoms. The van der Waals surface area contributed by atoms with Crippen LogP contribution in [0.5, 0.6) is 0 Å². The van der Waals surface area contributed by atoms with Gasteiger partial charge in [0.25, 0.3) is 0 Å². The van der Waals surface area contributed by atoms with Crippen molar-refractivity contribution in [2.75, 3.05) is 12.3 Å². The van der Waals surface area contributed by atoms with Gasteiger partial charge in [-0.3, -0.25) is 4.99 Å². The van der Waals surface area contributed by atoms with Crippen LogP contribution in [0.15, 0.2) is 33.7 Å². The minimum atomic E-state index is 0.499. The van der Waals surface area contributed by atoms with Gasteiger partial charge < -0.3 is 4.42 Å². The Kier molecular flexibility index (Phi) is 4.10. The Morgan fingerprint density at radius 3 is 3.11 bits per heavy atom. The van der Waals surface area contributed by atoms with Gasteiger partial charge in [0.2, 0.25) is 11.8 Å². The summed E-state index contributed by atoms with van der Waals surface area (Å²) >= 11 is 9.35. The summed E-state index contributed by atoms with van der Waals surface area (Å²) in [7, 11) is 0. The van der Waals surface area contributed by atoms with Crippen LogP contribution in [-0.4, -0.2) is 26.9 Å². The molecule has 19 heavy (non-hydrogen) atoms. The molecule has 0 fully saturated rings. The Bertz CT molecular complexity index is 615. The summed E-state index contributed by atoms with van der Waals surface area (Å²) in [6.45, 7) is 0.907. The molecule has 0 bridgehead atoms. The zero-order chi connectivity index (χ0) is 13.1. The number of thioether (sulfide) groups is 2. The van der Waals surface area contributed by atoms with Gasteiger partial charge in [-0.1, -0.05) is 41.2 Å². The molecule has 3 rings (SSSR count). The van der Waals surface area contributed by atoms with E-state index in [1.54, 1.807) is 23.5 Å². The molecule has 1 aromatic carbocycles. The smallest absolute Gasteiger partial charge is 0.247 e. The first kappa shape index (κ1) is 13.0. The van der Waals surface area contributed by atoms with Crippen molar-refractivity contribution in [1.82, 2.24) is 10.2 Å². The molecule has 2 aromatic rings. The second-order valence-electron chi connectivity index (χ2n) is 3.80. The van der Waals surface area contributed by atoms with Gasteiger partial charge in [0.1, 0.15) is 4.38 Å². The molecule has 4 nitrogen and oxygen atoms in total. The van der Waals surface area contributed by atoms with Crippen LogP contribution in [0.25, 0.3) is 11.5 Å². The van der Waals surface area contributed by atoms with Crippen LogP contribution in [0.3, 0.4) is 0 Å². The highest BCUT2D eigenvalue weighted by Crippen LogP contribution is 2.26. The Morgan fingerprint density at radius 1 is 1.37 bits per heavy atom. The van der Waals surface area contributed by atoms with Gasteiger partial charge in [-0.05, 0) is 18.2 Å². The van der Waals surface area contributed by atoms with Crippen LogP contribution in [0.1, 0.15) is 5.89 Å². The van der Waals surface area contributed by atoms with Crippen LogP contribution in [0.4, 0.5) is 0 Å². The first-order chi connectivity index (χ1) is 9.31. The third-order valence-corrected chi connectivity index (χ3v) is 4.89. The first-order valence-corrected chi connectivity index (χ1v) is 8.04. The largest absolute Gasteiger partial charge is 0.420 e. The van der Waals surface area contributed by atoms with Crippen molar-refractivity contribution in [2.45, 2.75) is 5.75 Å². The number of benzene rings is 1. The summed E-state index contributed by atoms with van der Waals surface area (Å²) in [6.07, 6.45) is 0. The maximum Gasteiger partial charge on any atom is 0.247 e. The number of hydrogen-bond acceptors (Lipinski definition) is 6. The molecule has 1 aromatic heterocycles. The van der Waals surface area contributed by atoms with Crippen molar-refractivity contribution in [2.24, 2.45) is 4.99 Å². The maximum absolute atomic E-state index is 5.94. The van der Waals surface area contributed by atoms with E-state index in [4.69, 9.17) is 16.0 Å². The Morgan fingerprint density at radius 2 is 2.32 bits per heavy atom. The number of halogens is 1. The third-order valence-electron chi connectivity index (χ3n) is 2.42. The van der Waals surface area contributed by atoms with Gasteiger partial charge in [-0.2, -0.15) is 0 Å². The van der Waals surface area contributed by atoms with Crippen molar-refractivity contribution >= 4 is 39.5 Å². The zero-order valence-electron chi connectivity index (χ0n) is 9.88. The highest BCUT2D eigenvalue weighted by molar-refractivity contribution is 8.38. The summed E-state index contributed by atoms with van der Waals surface area (Å²) in [4.78, 5) is 4.36. The van der Waals surface area contributed by atoms with Gasteiger partial charge in [0.15, 0.2) is 0 Å². The normalized spacial score (nSPS) is 14.7. The molecular formula is C12H10ClN3OS2. The van der Waals surface area contributed by atoms with Crippen molar-refractivity contribution in [3.8, 4) is 11.5 Å². The average Bonchev–Trinajstić information content (AvgIpc) is 3.08. The molecule has 1 aliphatic heterocycles. The maximum atomic E-state index is 5.94. The Labute approximate surface area is 124 Å². The van der Waals surface area contributed by atoms with E-state index < -0.39 is 0 Å². The fourth-order valence-corrected chi connectivity index (χ4v) is 3.61. The lowest BCUT2D eigenvalue weighted by atomic mass is 10.2. The van der Waals surface area contributed by atoms with Crippen LogP contribution < -0.4 is 0 Å². The van der Waals surface area contributed by atoms with E-state index in [-0.39, 0.29) is 0 Å². The summed E-state index contributed by atoms with van der Waals surface area (Å²) in [5, 5.41) is 8.73. The van der Waals surface area contributed by atoms with E-state index in [2.05, 4.69) is 15.2 Å². The van der Waals surface area contributed by atoms with E-state index in [1.165, 1.54) is 0 Å². The fraction of sp³-hybridized carbons (Fsp3) is 0.250. The minimum absolute atomic E-state index is 0.499. The number of nitrogens with zero attached hydrogens (tertiary/aromatic N) is 3. The van der Waals surface area contributed by atoms with Crippen molar-refractivity contribution in [1.29, 1.82) is 0 Å². The van der Waals surface area contributed by atoms with Crippen LogP contribution >= 0.6 is 35.1 Å². The number of hydrogen-bond donors (Lipinski definition) is 0. The predicted molar refractivity (Wildman–Crippen MR) is 80.8 cm³/mol. The Balaban J connectivity index is 1.69. The third kappa shape index (κ3) is 3.32. The first-order valence-electron chi connectivity index (χ1n) is 5.69. The number of aliphatic imine (C=N–C) groups is 1. The molecule has 98 valence electrons. The molecule has 2 heterocycles. The van der Waals surface area contributed by atoms with Crippen LogP contribution in [0.2, 0.25) is 5.02 Å². The van der Waals surface area contributed by atoms with E-state index >= 15 is 0 Å². The van der Waals surface area contributed by atoms with Gasteiger partial charge in [0, 0.05) is 16.3 Å². The Hall–Kier alpha value is -0.980. The quantitative estimate of drug-likeness (QED) is 0.864. The van der Waals surface area contributed by atoms with Crippen molar-refractivity contribution < 1.29 is 4.42 Å². The summed E-state index contributed by atoms with van der Waals surface area (Å²) < 4.78 is 6.72. The second kappa shape index (κ2) is 5.98. The van der Waals surface area contributed by atoms with Gasteiger partial charge in [0.05, 0.1) is 12.3 Å². The molecular weight excluding hydrogens is 302 g/mol. The molecule has 0 amide bonds. The lowest BCUT2D eigenvalue weighted by Crippen LogP contribution is -1.84. The van der Waals surface area contributed by atoms with E-state index in [0.29, 0.717) is 22.6 Å². The molecule has 1 aliphatic rings. The van der Waals surface area contributed by atoms with E-state index in [1.807, 2.05) is 24.3 Å². The predicted octanol–water partition coefficient (Wildman–Crippen LogP) is 3.73. The topological polar surface area (TPSA) is 51.3 Å². The lowest BCUT2D eigenvalue weighted by Gasteiger charge is -1.96. The standard InChI is InChI=1S/C12H10ClN3OS2/c13-9-3-1-2-8(6-9)11-16-15-10(17-11)7-19-12-14-4-5-18-12/h1-3,6H,4-5,7H2. The zero-order valence-corrected chi connectivity index (χ0v) is 12.3. The SMILES string of the molecule is Clc1cccc(-c2nnc(CSC3=NCCS3)o2)c1. The summed E-state index contributed by atoms with van der Waals surface area (Å²) in [5.41, 5.74) is 0.837. The lowest BCUT2D eigenvalue weighted by molar-refractivity contribution is 0.529. The minimum Gasteiger partial charge on any atom is -0.420 e. The van der Waals surface area contributed by atoms with Gasteiger partial charge in [-0.25, -0.2) is 0 Å². The second-order valence-corrected chi connectivity index (χ2v) is 6.54. The molecule has 0 radical (unpaired) electrons. The summed E-state index contributed by atoms with van der Waals surface area (Å²) in [5.74, 6) is 2.83. The van der Waals surface area contributed by atoms with Crippen LogP contribution in [0, 0.1) is 0 Å². The van der Waals surface area contributed by atoms with Crippen molar-refractivity contribution in [3.63, 3.8) is 0 Å². The van der Waals surface area contributed by atoms with Gasteiger partial charge >= 0.3 is 0 Å². The van der Waals surface area contributed by atoms with E-state index in [0.717, 1.165) is 22.2 Å². The highest BCUT2D eigenvalue weighted by atomic mass is 35.5. The van der Waals surface area contributed by atoms with Gasteiger partial charge in [-0.15, -0.1) is 10.2 Å². The highest BCUT2D eigenvalue weighted by Gasteiger charge is 2.12. The molecule has 0 spiro atoms. The molecule has 0 saturated carbocycles. The number of rotatable bonds is 3. The molecule has 0 N–H and O–H groups in total. The monoisotopic (exact) mass is 311 g/mol. The fourth-order valence-electron chi connectivity index (χ4n) is 1.58. The summed E-state index contributed by atoms with van der Waals surface area (Å²) in [6, 6.07) is 7.38. The van der Waals surface area contributed by atoms with E-state index in [9.17, 15) is 0 Å².